The fourth-order valence-electron chi connectivity index (χ4n) is 1.74. The Morgan fingerprint density at radius 1 is 1.22 bits per heavy atom. The van der Waals surface area contributed by atoms with Crippen LogP contribution >= 0.6 is 0 Å². The number of ether oxygens (including phenoxy) is 2. The molecule has 2 aromatic heterocycles. The van der Waals surface area contributed by atoms with Crippen molar-refractivity contribution in [2.45, 2.75) is 19.6 Å². The molecular formula is C15H15NO7. The topological polar surface area (TPSA) is 108 Å². The molecule has 0 fully saturated rings. The summed E-state index contributed by atoms with van der Waals surface area (Å²) >= 11 is 0. The van der Waals surface area contributed by atoms with Gasteiger partial charge in [-0.2, -0.15) is 0 Å². The summed E-state index contributed by atoms with van der Waals surface area (Å²) in [7, 11) is 1.23. The molecule has 122 valence electrons. The van der Waals surface area contributed by atoms with Crippen molar-refractivity contribution >= 4 is 17.8 Å². The molecule has 0 saturated heterocycles. The van der Waals surface area contributed by atoms with Crippen LogP contribution in [0.4, 0.5) is 0 Å². The number of carbonyl (C=O) groups excluding carboxylic acids is 3. The molecule has 2 heterocycles. The fraction of sp³-hybridized carbons (Fsp3) is 0.267. The van der Waals surface area contributed by atoms with Gasteiger partial charge in [-0.25, -0.2) is 9.59 Å². The molecule has 0 bridgehead atoms. The lowest BCUT2D eigenvalue weighted by Gasteiger charge is -2.12. The Balaban J connectivity index is 1.88. The van der Waals surface area contributed by atoms with Gasteiger partial charge in [0, 0.05) is 0 Å². The van der Waals surface area contributed by atoms with E-state index >= 15 is 0 Å². The highest BCUT2D eigenvalue weighted by Gasteiger charge is 2.21. The monoisotopic (exact) mass is 321 g/mol. The first-order chi connectivity index (χ1) is 11.0. The lowest BCUT2D eigenvalue weighted by Crippen LogP contribution is -2.39. The van der Waals surface area contributed by atoms with E-state index in [2.05, 4.69) is 10.1 Å². The Bertz CT molecular complexity index is 687. The lowest BCUT2D eigenvalue weighted by molar-refractivity contribution is -0.147. The molecule has 0 aliphatic rings. The maximum atomic E-state index is 11.9. The maximum absolute atomic E-state index is 11.9. The molecule has 23 heavy (non-hydrogen) atoms. The summed E-state index contributed by atoms with van der Waals surface area (Å²) in [5, 5.41) is 2.43. The number of esters is 2. The van der Waals surface area contributed by atoms with E-state index in [1.165, 1.54) is 38.7 Å². The Morgan fingerprint density at radius 3 is 2.65 bits per heavy atom. The zero-order valence-corrected chi connectivity index (χ0v) is 12.5. The minimum absolute atomic E-state index is 0.0867. The van der Waals surface area contributed by atoms with Crippen LogP contribution in [0.15, 0.2) is 39.6 Å². The third-order valence-electron chi connectivity index (χ3n) is 2.94. The van der Waals surface area contributed by atoms with E-state index in [0.717, 1.165) is 0 Å². The smallest absolute Gasteiger partial charge is 0.341 e. The quantitative estimate of drug-likeness (QED) is 0.803. The second-order valence-electron chi connectivity index (χ2n) is 4.53. The predicted molar refractivity (Wildman–Crippen MR) is 75.5 cm³/mol. The fourth-order valence-corrected chi connectivity index (χ4v) is 1.74. The molecule has 0 spiro atoms. The number of nitrogens with one attached hydrogen (secondary N) is 1. The van der Waals surface area contributed by atoms with E-state index in [-0.39, 0.29) is 23.7 Å². The van der Waals surface area contributed by atoms with Crippen LogP contribution in [0.3, 0.4) is 0 Å². The zero-order valence-electron chi connectivity index (χ0n) is 12.5. The second-order valence-corrected chi connectivity index (χ2v) is 4.53. The highest BCUT2D eigenvalue weighted by Crippen LogP contribution is 2.13. The van der Waals surface area contributed by atoms with Gasteiger partial charge in [-0.15, -0.1) is 0 Å². The molecule has 1 amide bonds. The predicted octanol–water partition coefficient (Wildman–Crippen LogP) is 1.52. The van der Waals surface area contributed by atoms with Crippen molar-refractivity contribution < 1.29 is 32.7 Å². The van der Waals surface area contributed by atoms with Crippen molar-refractivity contribution in [3.8, 4) is 0 Å². The van der Waals surface area contributed by atoms with Crippen LogP contribution in [0.2, 0.25) is 0 Å². The van der Waals surface area contributed by atoms with Crippen LogP contribution in [0.1, 0.15) is 33.6 Å². The molecule has 2 rings (SSSR count). The molecular weight excluding hydrogens is 306 g/mol. The number of carbonyl (C=O) groups is 3. The Hall–Kier alpha value is -3.03. The molecule has 8 heteroatoms. The number of methoxy groups -OCH3 is 1. The summed E-state index contributed by atoms with van der Waals surface area (Å²) < 4.78 is 19.6. The van der Waals surface area contributed by atoms with Gasteiger partial charge in [-0.3, -0.25) is 4.79 Å². The van der Waals surface area contributed by atoms with E-state index in [9.17, 15) is 14.4 Å². The van der Waals surface area contributed by atoms with Crippen molar-refractivity contribution in [2.24, 2.45) is 0 Å². The summed E-state index contributed by atoms with van der Waals surface area (Å²) in [5.74, 6) is -1.56. The van der Waals surface area contributed by atoms with Crippen molar-refractivity contribution in [3.63, 3.8) is 0 Å². The van der Waals surface area contributed by atoms with Gasteiger partial charge in [0.05, 0.1) is 19.6 Å². The molecule has 0 radical (unpaired) electrons. The molecule has 1 unspecified atom stereocenters. The summed E-state index contributed by atoms with van der Waals surface area (Å²) in [5.41, 5.74) is 0.174. The minimum atomic E-state index is -0.899. The van der Waals surface area contributed by atoms with Crippen molar-refractivity contribution in [3.05, 3.63) is 47.8 Å². The minimum Gasteiger partial charge on any atom is -0.465 e. The van der Waals surface area contributed by atoms with E-state index < -0.39 is 23.9 Å². The first kappa shape index (κ1) is 16.3. The first-order valence-corrected chi connectivity index (χ1v) is 6.68. The summed E-state index contributed by atoms with van der Waals surface area (Å²) in [6.07, 6.45) is 2.64. The molecule has 2 aromatic rings. The summed E-state index contributed by atoms with van der Waals surface area (Å²) in [6, 6.07) is 3.54. The SMILES string of the molecule is COC(=O)c1ccoc1COC(=O)C(C)NC(=O)c1ccco1. The Morgan fingerprint density at radius 2 is 2.00 bits per heavy atom. The molecule has 8 nitrogen and oxygen atoms in total. The average Bonchev–Trinajstić information content (AvgIpc) is 3.22. The van der Waals surface area contributed by atoms with Crippen LogP contribution in [-0.2, 0) is 20.9 Å². The average molecular weight is 321 g/mol. The van der Waals surface area contributed by atoms with Gasteiger partial charge < -0.3 is 23.6 Å². The number of hydrogen-bond acceptors (Lipinski definition) is 7. The van der Waals surface area contributed by atoms with Gasteiger partial charge >= 0.3 is 11.9 Å². The molecule has 0 saturated carbocycles. The van der Waals surface area contributed by atoms with Crippen LogP contribution in [-0.4, -0.2) is 31.0 Å². The van der Waals surface area contributed by atoms with Gasteiger partial charge in [0.15, 0.2) is 11.5 Å². The highest BCUT2D eigenvalue weighted by atomic mass is 16.5. The largest absolute Gasteiger partial charge is 0.465 e. The van der Waals surface area contributed by atoms with Crippen LogP contribution in [0.5, 0.6) is 0 Å². The van der Waals surface area contributed by atoms with E-state index in [1.807, 2.05) is 0 Å². The van der Waals surface area contributed by atoms with Crippen LogP contribution in [0.25, 0.3) is 0 Å². The first-order valence-electron chi connectivity index (χ1n) is 6.68. The lowest BCUT2D eigenvalue weighted by atomic mass is 10.2. The Kier molecular flexibility index (Phi) is 5.19. The standard InChI is InChI=1S/C15H15NO7/c1-9(16-13(17)11-4-3-6-21-11)14(18)23-8-12-10(5-7-22-12)15(19)20-2/h3-7,9H,8H2,1-2H3,(H,16,17). The highest BCUT2D eigenvalue weighted by molar-refractivity contribution is 5.94. The Labute approximate surface area is 131 Å². The van der Waals surface area contributed by atoms with Crippen molar-refractivity contribution in [1.29, 1.82) is 0 Å². The van der Waals surface area contributed by atoms with Gasteiger partial charge in [0.2, 0.25) is 0 Å². The third-order valence-corrected chi connectivity index (χ3v) is 2.94. The zero-order chi connectivity index (χ0) is 16.8. The number of furan rings is 2. The van der Waals surface area contributed by atoms with Gasteiger partial charge in [0.25, 0.3) is 5.91 Å². The number of rotatable bonds is 6. The van der Waals surface area contributed by atoms with Crippen molar-refractivity contribution in [1.82, 2.24) is 5.32 Å². The number of amides is 1. The van der Waals surface area contributed by atoms with E-state index in [1.54, 1.807) is 6.07 Å². The van der Waals surface area contributed by atoms with Crippen LogP contribution < -0.4 is 5.32 Å². The second kappa shape index (κ2) is 7.30. The summed E-state index contributed by atoms with van der Waals surface area (Å²) in [6.45, 7) is 1.21. The molecule has 0 aromatic carbocycles. The van der Waals surface area contributed by atoms with Gasteiger partial charge in [-0.1, -0.05) is 0 Å². The maximum Gasteiger partial charge on any atom is 0.341 e. The third kappa shape index (κ3) is 4.00. The molecule has 1 N–H and O–H groups in total. The molecule has 0 aliphatic heterocycles. The van der Waals surface area contributed by atoms with Crippen molar-refractivity contribution in [2.75, 3.05) is 7.11 Å². The molecule has 1 atom stereocenters. The van der Waals surface area contributed by atoms with Gasteiger partial charge in [0.1, 0.15) is 18.2 Å². The van der Waals surface area contributed by atoms with E-state index in [4.69, 9.17) is 13.6 Å². The molecule has 0 aliphatic carbocycles. The number of hydrogen-bond donors (Lipinski definition) is 1. The summed E-state index contributed by atoms with van der Waals surface area (Å²) in [4.78, 5) is 35.1. The van der Waals surface area contributed by atoms with E-state index in [0.29, 0.717) is 0 Å². The normalized spacial score (nSPS) is 11.6. The van der Waals surface area contributed by atoms with Gasteiger partial charge in [-0.05, 0) is 25.1 Å². The van der Waals surface area contributed by atoms with Crippen LogP contribution in [0, 0.1) is 0 Å².